The number of fused-ring (bicyclic) bond motifs is 5. The molecule has 0 radical (unpaired) electrons. The van der Waals surface area contributed by atoms with Gasteiger partial charge in [0.15, 0.2) is 11.5 Å². The number of hydrogen-bond acceptors (Lipinski definition) is 15. The molecule has 21 nitrogen and oxygen atoms in total. The van der Waals surface area contributed by atoms with Gasteiger partial charge in [-0.25, -0.2) is 19.4 Å². The number of rotatable bonds is 20. The number of benzene rings is 2. The third kappa shape index (κ3) is 14.2. The van der Waals surface area contributed by atoms with E-state index >= 15 is 0 Å². The van der Waals surface area contributed by atoms with Crippen LogP contribution in [0.3, 0.4) is 0 Å². The lowest BCUT2D eigenvalue weighted by molar-refractivity contribution is -0.142. The van der Waals surface area contributed by atoms with E-state index in [1.165, 1.54) is 39.1 Å². The molecule has 2 aromatic heterocycles. The van der Waals surface area contributed by atoms with Crippen LogP contribution in [0.5, 0.6) is 5.88 Å². The minimum atomic E-state index is -0.961. The van der Waals surface area contributed by atoms with Crippen LogP contribution >= 0.6 is 0 Å². The maximum Gasteiger partial charge on any atom is 0.268 e. The van der Waals surface area contributed by atoms with Gasteiger partial charge in [0.1, 0.15) is 30.1 Å². The number of nitriles is 1. The van der Waals surface area contributed by atoms with Gasteiger partial charge in [-0.05, 0) is 48.9 Å². The van der Waals surface area contributed by atoms with Crippen molar-refractivity contribution in [3.63, 3.8) is 0 Å². The number of amides is 5. The van der Waals surface area contributed by atoms with Crippen LogP contribution in [-0.2, 0) is 41.7 Å². The Morgan fingerprint density at radius 1 is 1.11 bits per heavy atom. The lowest BCUT2D eigenvalue weighted by Crippen LogP contribution is -2.57. The van der Waals surface area contributed by atoms with Crippen molar-refractivity contribution in [2.24, 2.45) is 10.4 Å². The van der Waals surface area contributed by atoms with Crippen molar-refractivity contribution < 1.29 is 42.6 Å². The van der Waals surface area contributed by atoms with Crippen LogP contribution < -0.4 is 26.4 Å². The van der Waals surface area contributed by atoms with Crippen LogP contribution in [0.25, 0.3) is 11.3 Å². The smallest absolute Gasteiger partial charge is 0.268 e. The van der Waals surface area contributed by atoms with Gasteiger partial charge >= 0.3 is 0 Å². The Bertz CT molecular complexity index is 2810. The summed E-state index contributed by atoms with van der Waals surface area (Å²) in [5.41, 5.74) is 8.46. The van der Waals surface area contributed by atoms with Gasteiger partial charge in [0.05, 0.1) is 80.5 Å². The zero-order valence-corrected chi connectivity index (χ0v) is 43.9. The van der Waals surface area contributed by atoms with Crippen molar-refractivity contribution in [3.8, 4) is 23.2 Å². The molecule has 2 aromatic carbocycles. The monoisotopic (exact) mass is 1030 g/mol. The Kier molecular flexibility index (Phi) is 19.3. The number of aliphatic imine (C=N–C) groups is 1. The Balaban J connectivity index is 1.00. The summed E-state index contributed by atoms with van der Waals surface area (Å²) in [6.07, 6.45) is 1.43. The molecule has 0 aliphatic carbocycles. The molecule has 1 fully saturated rings. The van der Waals surface area contributed by atoms with E-state index < -0.39 is 53.0 Å². The Labute approximate surface area is 436 Å². The number of hydrogen-bond donors (Lipinski definition) is 4. The summed E-state index contributed by atoms with van der Waals surface area (Å²) >= 11 is 0. The van der Waals surface area contributed by atoms with Crippen LogP contribution in [-0.4, -0.2) is 155 Å². The standard InChI is InChI=1S/C53H68FN13O8/c1-10-39(34-14-12-11-13-15-34)60-49(70)42-27-36(30-66(42)52(72)46(53(4,5)6)62-48(69)32(2)57-7)58-19-23-74-25-24-73-22-18-44(68)64(8)20-21-67-43-31-65(9)51(71)37-17-16-35(54)26-38(37)33(3)75-50-47(56)59-29-41(61-50)45(43)40(28-55)63-67/h11-17,26,29,33,36,42,46,57-58H,2,10,18-25,27,30-31H2,1,3-9H3,(H2,56,59)(H,62,69)/t33-,36+,42+,46?/m1/s1. The average molecular weight is 1030 g/mol. The Morgan fingerprint density at radius 2 is 1.83 bits per heavy atom. The van der Waals surface area contributed by atoms with Crippen LogP contribution in [0.15, 0.2) is 72.0 Å². The number of nitrogens with zero attached hydrogens (tertiary/aromatic N) is 9. The largest absolute Gasteiger partial charge is 0.467 e. The zero-order chi connectivity index (χ0) is 54.6. The molecule has 1 saturated heterocycles. The molecular formula is C53H68FN13O8. The molecule has 4 aromatic rings. The highest BCUT2D eigenvalue weighted by Gasteiger charge is 2.45. The average Bonchev–Trinajstić information content (AvgIpc) is 3.98. The molecule has 1 unspecified atom stereocenters. The maximum atomic E-state index is 14.5. The minimum Gasteiger partial charge on any atom is -0.467 e. The second-order valence-corrected chi connectivity index (χ2v) is 19.4. The third-order valence-electron chi connectivity index (χ3n) is 13.0. The Hall–Kier alpha value is -7.61. The number of anilines is 1. The maximum absolute atomic E-state index is 14.5. The van der Waals surface area contributed by atoms with Crippen molar-refractivity contribution in [2.45, 2.75) is 91.2 Å². The minimum absolute atomic E-state index is 0.0160. The van der Waals surface area contributed by atoms with Crippen LogP contribution in [0, 0.1) is 22.6 Å². The van der Waals surface area contributed by atoms with Crippen molar-refractivity contribution in [1.29, 1.82) is 5.26 Å². The van der Waals surface area contributed by atoms with Crippen molar-refractivity contribution in [1.82, 2.24) is 50.4 Å². The highest BCUT2D eigenvalue weighted by atomic mass is 19.1. The number of nitrogens with two attached hydrogens (primary N) is 1. The first-order valence-electron chi connectivity index (χ1n) is 24.9. The highest BCUT2D eigenvalue weighted by Crippen LogP contribution is 2.34. The first-order valence-corrected chi connectivity index (χ1v) is 24.9. The van der Waals surface area contributed by atoms with E-state index in [0.29, 0.717) is 43.0 Å². The molecule has 2 bridgehead atoms. The molecule has 2 aliphatic heterocycles. The summed E-state index contributed by atoms with van der Waals surface area (Å²) in [7, 11) is 4.79. The van der Waals surface area contributed by atoms with Gasteiger partial charge in [-0.15, -0.1) is 0 Å². The number of nitrogens with one attached hydrogen (secondary N) is 3. The highest BCUT2D eigenvalue weighted by molar-refractivity contribution is 6.08. The summed E-state index contributed by atoms with van der Waals surface area (Å²) in [6, 6.07) is 13.2. The predicted molar refractivity (Wildman–Crippen MR) is 277 cm³/mol. The number of likely N-dealkylation sites (N-methyl/N-ethyl adjacent to an activating group) is 2. The predicted octanol–water partition coefficient (Wildman–Crippen LogP) is 3.79. The fourth-order valence-corrected chi connectivity index (χ4v) is 8.75. The Morgan fingerprint density at radius 3 is 2.51 bits per heavy atom. The van der Waals surface area contributed by atoms with Crippen molar-refractivity contribution in [3.05, 3.63) is 101 Å². The molecule has 4 heterocycles. The van der Waals surface area contributed by atoms with E-state index in [9.17, 15) is 33.6 Å². The van der Waals surface area contributed by atoms with Crippen LogP contribution in [0.2, 0.25) is 0 Å². The molecule has 75 heavy (non-hydrogen) atoms. The van der Waals surface area contributed by atoms with E-state index in [4.69, 9.17) is 19.9 Å². The van der Waals surface area contributed by atoms with E-state index in [2.05, 4.69) is 48.7 Å². The van der Waals surface area contributed by atoms with Gasteiger partial charge in [0, 0.05) is 57.9 Å². The van der Waals surface area contributed by atoms with Crippen molar-refractivity contribution in [2.75, 3.05) is 72.9 Å². The molecule has 6 rings (SSSR count). The fraction of sp³-hybridized carbons (Fsp3) is 0.472. The van der Waals surface area contributed by atoms with E-state index in [0.717, 1.165) is 5.56 Å². The first-order chi connectivity index (χ1) is 35.7. The summed E-state index contributed by atoms with van der Waals surface area (Å²) in [6.45, 7) is 14.7. The lowest BCUT2D eigenvalue weighted by Gasteiger charge is -2.35. The lowest BCUT2D eigenvalue weighted by atomic mass is 9.85. The van der Waals surface area contributed by atoms with Gasteiger partial charge in [-0.1, -0.05) is 64.6 Å². The molecule has 0 saturated carbocycles. The quantitative estimate of drug-likeness (QED) is 0.0558. The van der Waals surface area contributed by atoms with E-state index in [1.807, 2.05) is 58.0 Å². The summed E-state index contributed by atoms with van der Waals surface area (Å²) < 4.78 is 33.6. The molecule has 400 valence electrons. The van der Waals surface area contributed by atoms with Gasteiger partial charge in [-0.2, -0.15) is 10.4 Å². The van der Waals surface area contributed by atoms with Gasteiger partial charge < -0.3 is 50.6 Å². The number of halogens is 1. The number of carbonyl (C=O) groups is 5. The fourth-order valence-electron chi connectivity index (χ4n) is 8.75. The molecule has 5 amide bonds. The normalized spacial score (nSPS) is 17.1. The SMILES string of the molecule is C=C(NC)C(=O)NC(C(=O)N1C[C@@H](NCCOCCOCCC(=O)N(C)CCn2nc(C#N)c3c2CN(C)C(=O)c2ccc(F)cc2[C@@H](C)Oc2nc-3cnc2N)C[C@H]1C(=O)N=C(CC)c1ccccc1)C(C)(C)C. The van der Waals surface area contributed by atoms with E-state index in [-0.39, 0.29) is 104 Å². The number of nitrogen functional groups attached to an aromatic ring is 1. The van der Waals surface area contributed by atoms with Crippen LogP contribution in [0.1, 0.15) is 92.9 Å². The molecule has 4 atom stereocenters. The van der Waals surface area contributed by atoms with Crippen molar-refractivity contribution >= 4 is 41.1 Å². The zero-order valence-electron chi connectivity index (χ0n) is 43.9. The number of aromatic nitrogens is 4. The molecule has 5 N–H and O–H groups in total. The topological polar surface area (TPSA) is 265 Å². The number of carbonyl (C=O) groups excluding carboxylic acids is 5. The van der Waals surface area contributed by atoms with Crippen LogP contribution in [0.4, 0.5) is 10.2 Å². The molecule has 0 spiro atoms. The first kappa shape index (κ1) is 56.7. The molecule has 22 heteroatoms. The third-order valence-corrected chi connectivity index (χ3v) is 13.0. The van der Waals surface area contributed by atoms with Gasteiger partial charge in [0.25, 0.3) is 23.6 Å². The van der Waals surface area contributed by atoms with Gasteiger partial charge in [-0.3, -0.25) is 28.7 Å². The number of likely N-dealkylation sites (tertiary alicyclic amines) is 1. The number of ether oxygens (including phenoxy) is 3. The summed E-state index contributed by atoms with van der Waals surface area (Å²) in [4.78, 5) is 86.2. The second-order valence-electron chi connectivity index (χ2n) is 19.4. The second kappa shape index (κ2) is 25.6. The molecule has 2 aliphatic rings. The van der Waals surface area contributed by atoms with E-state index in [1.54, 1.807) is 32.7 Å². The summed E-state index contributed by atoms with van der Waals surface area (Å²) in [5, 5.41) is 23.7. The summed E-state index contributed by atoms with van der Waals surface area (Å²) in [5.74, 6) is -2.65. The molecular weight excluding hydrogens is 966 g/mol. The van der Waals surface area contributed by atoms with Gasteiger partial charge in [0.2, 0.25) is 11.8 Å².